The number of nitrogens with one attached hydrogen (secondary N) is 1. The number of hydrogen-bond acceptors (Lipinski definition) is 8. The molecule has 0 radical (unpaired) electrons. The predicted molar refractivity (Wildman–Crippen MR) is 142 cm³/mol. The van der Waals surface area contributed by atoms with Gasteiger partial charge in [0.2, 0.25) is 0 Å². The van der Waals surface area contributed by atoms with Crippen molar-refractivity contribution in [3.63, 3.8) is 0 Å². The van der Waals surface area contributed by atoms with Crippen LogP contribution < -0.4 is 10.2 Å². The van der Waals surface area contributed by atoms with E-state index in [1.54, 1.807) is 0 Å². The molecule has 2 aromatic rings. The second kappa shape index (κ2) is 11.5. The summed E-state index contributed by atoms with van der Waals surface area (Å²) in [5.74, 6) is 0.995. The number of pyridine rings is 1. The van der Waals surface area contributed by atoms with Gasteiger partial charge in [-0.2, -0.15) is 0 Å². The summed E-state index contributed by atoms with van der Waals surface area (Å²) in [5, 5.41) is 3.64. The molecule has 6 rings (SSSR count). The van der Waals surface area contributed by atoms with Crippen molar-refractivity contribution in [1.29, 1.82) is 0 Å². The summed E-state index contributed by atoms with van der Waals surface area (Å²) < 4.78 is 11.8. The Labute approximate surface area is 213 Å². The first-order chi connectivity index (χ1) is 17.7. The van der Waals surface area contributed by atoms with Crippen LogP contribution in [0.5, 0.6) is 0 Å². The molecule has 1 N–H and O–H groups in total. The fraction of sp³-hybridized carbons (Fsp3) is 0.500. The summed E-state index contributed by atoms with van der Waals surface area (Å²) in [7, 11) is 2.20. The van der Waals surface area contributed by atoms with E-state index in [-0.39, 0.29) is 6.10 Å². The molecule has 8 heteroatoms. The van der Waals surface area contributed by atoms with Gasteiger partial charge in [0.1, 0.15) is 12.1 Å². The largest absolute Gasteiger partial charge is 0.378 e. The normalized spacial score (nSPS) is 22.6. The van der Waals surface area contributed by atoms with Crippen LogP contribution in [0, 0.1) is 0 Å². The Hall–Kier alpha value is -2.78. The van der Waals surface area contributed by atoms with E-state index in [1.165, 1.54) is 47.2 Å². The quantitative estimate of drug-likeness (QED) is 0.517. The molecule has 5 heterocycles. The SMILES string of the molecule is C=CC=O.CN1CC(N2CCOC(c3ccc4c(c3)CCc3c(N5CCOCC5)ccnc3N4)C2)C1. The first-order valence-electron chi connectivity index (χ1n) is 13.0. The van der Waals surface area contributed by atoms with Crippen LogP contribution in [0.4, 0.5) is 17.2 Å². The molecule has 8 nitrogen and oxygen atoms in total. The number of anilines is 3. The lowest BCUT2D eigenvalue weighted by Crippen LogP contribution is -2.60. The van der Waals surface area contributed by atoms with Gasteiger partial charge in [0, 0.05) is 68.4 Å². The van der Waals surface area contributed by atoms with E-state index in [2.05, 4.69) is 57.9 Å². The van der Waals surface area contributed by atoms with Gasteiger partial charge in [0.15, 0.2) is 0 Å². The highest BCUT2D eigenvalue weighted by Gasteiger charge is 2.33. The van der Waals surface area contributed by atoms with Crippen LogP contribution in [0.1, 0.15) is 22.8 Å². The van der Waals surface area contributed by atoms with Crippen LogP contribution in [-0.4, -0.2) is 93.2 Å². The van der Waals surface area contributed by atoms with E-state index in [0.29, 0.717) is 12.3 Å². The summed E-state index contributed by atoms with van der Waals surface area (Å²) in [5.41, 5.74) is 6.46. The summed E-state index contributed by atoms with van der Waals surface area (Å²) in [4.78, 5) is 21.2. The molecule has 0 aliphatic carbocycles. The average Bonchev–Trinajstić information content (AvgIpc) is 3.11. The fourth-order valence-electron chi connectivity index (χ4n) is 5.57. The Balaban J connectivity index is 0.000000623. The maximum atomic E-state index is 9.06. The summed E-state index contributed by atoms with van der Waals surface area (Å²) in [6.07, 6.45) is 5.92. The van der Waals surface area contributed by atoms with Crippen LogP contribution >= 0.6 is 0 Å². The van der Waals surface area contributed by atoms with Gasteiger partial charge in [-0.15, -0.1) is 0 Å². The first-order valence-corrected chi connectivity index (χ1v) is 13.0. The number of likely N-dealkylation sites (tertiary alicyclic amines) is 1. The molecule has 1 atom stereocenters. The average molecular weight is 492 g/mol. The van der Waals surface area contributed by atoms with Crippen LogP contribution in [0.25, 0.3) is 0 Å². The minimum absolute atomic E-state index is 0.160. The fourth-order valence-corrected chi connectivity index (χ4v) is 5.57. The van der Waals surface area contributed by atoms with Crippen molar-refractivity contribution in [1.82, 2.24) is 14.8 Å². The topological polar surface area (TPSA) is 70.2 Å². The molecule has 3 saturated heterocycles. The number of allylic oxidation sites excluding steroid dienone is 1. The van der Waals surface area contributed by atoms with Crippen LogP contribution in [0.2, 0.25) is 0 Å². The van der Waals surface area contributed by atoms with E-state index in [9.17, 15) is 0 Å². The number of fused-ring (bicyclic) bond motifs is 2. The number of morpholine rings is 2. The number of carbonyl (C=O) groups excluding carboxylic acids is 1. The second-order valence-corrected chi connectivity index (χ2v) is 9.90. The van der Waals surface area contributed by atoms with Crippen molar-refractivity contribution in [2.45, 2.75) is 25.0 Å². The Morgan fingerprint density at radius 1 is 1.08 bits per heavy atom. The van der Waals surface area contributed by atoms with E-state index in [1.807, 2.05) is 6.20 Å². The smallest absolute Gasteiger partial charge is 0.142 e. The standard InChI is InChI=1S/C25H33N5O2.C3H4O/c1-28-15-20(16-28)30-10-13-32-24(17-30)19-3-5-22-18(14-19)2-4-21-23(6-7-26-25(21)27-22)29-8-11-31-12-9-29;1-2-3-4/h3,5-7,14,20,24H,2,4,8-13,15-17H2,1H3,(H,26,27);2-3H,1H2. The third-order valence-corrected chi connectivity index (χ3v) is 7.54. The van der Waals surface area contributed by atoms with Gasteiger partial charge in [-0.3, -0.25) is 9.69 Å². The summed E-state index contributed by atoms with van der Waals surface area (Å²) in [6.45, 7) is 11.8. The zero-order chi connectivity index (χ0) is 24.9. The highest BCUT2D eigenvalue weighted by molar-refractivity contribution is 5.72. The number of aldehydes is 1. The molecule has 0 amide bonds. The first kappa shape index (κ1) is 24.9. The van der Waals surface area contributed by atoms with Gasteiger partial charge >= 0.3 is 0 Å². The summed E-state index contributed by atoms with van der Waals surface area (Å²) in [6, 6.07) is 9.68. The highest BCUT2D eigenvalue weighted by Crippen LogP contribution is 2.36. The molecular formula is C28H37N5O3. The Morgan fingerprint density at radius 3 is 2.64 bits per heavy atom. The number of aromatic nitrogens is 1. The van der Waals surface area contributed by atoms with E-state index < -0.39 is 0 Å². The van der Waals surface area contributed by atoms with E-state index in [0.717, 1.165) is 64.7 Å². The molecule has 36 heavy (non-hydrogen) atoms. The lowest BCUT2D eigenvalue weighted by atomic mass is 9.98. The highest BCUT2D eigenvalue weighted by atomic mass is 16.5. The third kappa shape index (κ3) is 5.47. The minimum atomic E-state index is 0.160. The Morgan fingerprint density at radius 2 is 1.89 bits per heavy atom. The number of aryl methyl sites for hydroxylation is 1. The van der Waals surface area contributed by atoms with Gasteiger partial charge in [-0.1, -0.05) is 18.7 Å². The zero-order valence-corrected chi connectivity index (χ0v) is 21.2. The minimum Gasteiger partial charge on any atom is -0.378 e. The van der Waals surface area contributed by atoms with Crippen molar-refractivity contribution < 1.29 is 14.3 Å². The van der Waals surface area contributed by atoms with Crippen molar-refractivity contribution >= 4 is 23.5 Å². The number of nitrogens with zero attached hydrogens (tertiary/aromatic N) is 4. The van der Waals surface area contributed by atoms with Gasteiger partial charge in [-0.05, 0) is 49.2 Å². The lowest BCUT2D eigenvalue weighted by Gasteiger charge is -2.46. The molecule has 0 bridgehead atoms. The van der Waals surface area contributed by atoms with Crippen LogP contribution in [0.3, 0.4) is 0 Å². The van der Waals surface area contributed by atoms with Crippen molar-refractivity contribution in [2.24, 2.45) is 0 Å². The van der Waals surface area contributed by atoms with Gasteiger partial charge < -0.3 is 24.6 Å². The number of rotatable bonds is 4. The van der Waals surface area contributed by atoms with Gasteiger partial charge in [0.25, 0.3) is 0 Å². The molecule has 1 aromatic heterocycles. The molecule has 1 aromatic carbocycles. The third-order valence-electron chi connectivity index (χ3n) is 7.54. The van der Waals surface area contributed by atoms with Gasteiger partial charge in [-0.25, -0.2) is 4.98 Å². The number of hydrogen-bond donors (Lipinski definition) is 1. The number of carbonyl (C=O) groups is 1. The summed E-state index contributed by atoms with van der Waals surface area (Å²) >= 11 is 0. The molecular weight excluding hydrogens is 454 g/mol. The molecule has 192 valence electrons. The maximum absolute atomic E-state index is 9.06. The Bertz CT molecular complexity index is 1060. The van der Waals surface area contributed by atoms with Crippen LogP contribution in [-0.2, 0) is 27.1 Å². The molecule has 1 unspecified atom stereocenters. The maximum Gasteiger partial charge on any atom is 0.142 e. The van der Waals surface area contributed by atoms with Crippen molar-refractivity contribution in [3.8, 4) is 0 Å². The number of benzene rings is 1. The van der Waals surface area contributed by atoms with Crippen LogP contribution in [0.15, 0.2) is 43.1 Å². The number of likely N-dealkylation sites (N-methyl/N-ethyl adjacent to an activating group) is 1. The van der Waals surface area contributed by atoms with Crippen molar-refractivity contribution in [2.75, 3.05) is 76.4 Å². The predicted octanol–water partition coefficient (Wildman–Crippen LogP) is 2.82. The molecule has 3 fully saturated rings. The molecule has 0 spiro atoms. The molecule has 0 saturated carbocycles. The number of ether oxygens (including phenoxy) is 2. The Kier molecular flexibility index (Phi) is 7.96. The van der Waals surface area contributed by atoms with Gasteiger partial charge in [0.05, 0.1) is 25.9 Å². The molecule has 4 aliphatic rings. The van der Waals surface area contributed by atoms with E-state index in [4.69, 9.17) is 19.3 Å². The lowest BCUT2D eigenvalue weighted by molar-refractivity contribution is -0.104. The molecule has 4 aliphatic heterocycles. The second-order valence-electron chi connectivity index (χ2n) is 9.90. The van der Waals surface area contributed by atoms with E-state index >= 15 is 0 Å². The monoisotopic (exact) mass is 491 g/mol. The van der Waals surface area contributed by atoms with Crippen molar-refractivity contribution in [3.05, 3.63) is 59.8 Å². The zero-order valence-electron chi connectivity index (χ0n) is 21.2.